The van der Waals surface area contributed by atoms with Gasteiger partial charge in [-0.05, 0) is 30.2 Å². The van der Waals surface area contributed by atoms with Crippen molar-refractivity contribution in [2.45, 2.75) is 12.8 Å². The number of fused-ring (bicyclic) bond motifs is 2. The van der Waals surface area contributed by atoms with E-state index in [1.54, 1.807) is 0 Å². The highest BCUT2D eigenvalue weighted by atomic mass is 15.0. The van der Waals surface area contributed by atoms with Crippen LogP contribution in [-0.4, -0.2) is 14.4 Å². The average Bonchev–Trinajstić information content (AvgIpc) is 3.09. The van der Waals surface area contributed by atoms with Gasteiger partial charge in [0.15, 0.2) is 0 Å². The Bertz CT molecular complexity index is 796. The maximum absolute atomic E-state index is 4.53. The summed E-state index contributed by atoms with van der Waals surface area (Å²) in [6.07, 6.45) is 8.07. The first kappa shape index (κ1) is 11.3. The Balaban J connectivity index is 1.64. The van der Waals surface area contributed by atoms with Gasteiger partial charge < -0.3 is 9.38 Å². The van der Waals surface area contributed by atoms with Gasteiger partial charge in [-0.15, -0.1) is 0 Å². The number of hydrogen-bond donors (Lipinski definition) is 1. The topological polar surface area (TPSA) is 33.1 Å². The second-order valence-electron chi connectivity index (χ2n) is 5.03. The molecule has 3 nitrogen and oxygen atoms in total. The SMILES string of the molecule is c1ccc2c(CCc3ncc4ccccn34)c[nH]c2c1. The van der Waals surface area contributed by atoms with Crippen molar-refractivity contribution in [3.05, 3.63) is 72.4 Å². The van der Waals surface area contributed by atoms with Crippen LogP contribution in [-0.2, 0) is 12.8 Å². The molecule has 20 heavy (non-hydrogen) atoms. The molecule has 1 aromatic carbocycles. The van der Waals surface area contributed by atoms with Gasteiger partial charge in [-0.3, -0.25) is 0 Å². The minimum atomic E-state index is 0.944. The molecule has 0 bridgehead atoms. The Morgan fingerprint density at radius 3 is 2.90 bits per heavy atom. The molecule has 0 aliphatic rings. The summed E-state index contributed by atoms with van der Waals surface area (Å²) in [5.41, 5.74) is 3.71. The van der Waals surface area contributed by atoms with Crippen molar-refractivity contribution >= 4 is 16.4 Å². The molecule has 0 saturated carbocycles. The average molecular weight is 261 g/mol. The number of pyridine rings is 1. The molecule has 0 saturated heterocycles. The molecule has 0 fully saturated rings. The fourth-order valence-corrected chi connectivity index (χ4v) is 2.77. The molecule has 0 amide bonds. The molecule has 1 N–H and O–H groups in total. The number of nitrogens with zero attached hydrogens (tertiary/aromatic N) is 2. The number of aromatic amines is 1. The van der Waals surface area contributed by atoms with Crippen molar-refractivity contribution < 1.29 is 0 Å². The molecule has 3 aromatic heterocycles. The largest absolute Gasteiger partial charge is 0.361 e. The van der Waals surface area contributed by atoms with E-state index < -0.39 is 0 Å². The number of benzene rings is 1. The molecule has 3 heterocycles. The number of aryl methyl sites for hydroxylation is 2. The summed E-state index contributed by atoms with van der Waals surface area (Å²) in [6, 6.07) is 14.6. The number of para-hydroxylation sites is 1. The van der Waals surface area contributed by atoms with Crippen molar-refractivity contribution in [3.8, 4) is 0 Å². The van der Waals surface area contributed by atoms with Gasteiger partial charge in [-0.1, -0.05) is 24.3 Å². The maximum atomic E-state index is 4.53. The lowest BCUT2D eigenvalue weighted by atomic mass is 10.1. The van der Waals surface area contributed by atoms with Crippen LogP contribution in [0.15, 0.2) is 61.1 Å². The first-order valence-electron chi connectivity index (χ1n) is 6.88. The number of hydrogen-bond acceptors (Lipinski definition) is 1. The number of imidazole rings is 1. The predicted molar refractivity (Wildman–Crippen MR) is 80.9 cm³/mol. The molecular formula is C17H15N3. The van der Waals surface area contributed by atoms with Gasteiger partial charge in [-0.2, -0.15) is 0 Å². The minimum Gasteiger partial charge on any atom is -0.361 e. The van der Waals surface area contributed by atoms with Gasteiger partial charge in [0, 0.05) is 29.7 Å². The van der Waals surface area contributed by atoms with E-state index in [-0.39, 0.29) is 0 Å². The van der Waals surface area contributed by atoms with Gasteiger partial charge in [0.1, 0.15) is 5.82 Å². The van der Waals surface area contributed by atoms with Gasteiger partial charge in [-0.25, -0.2) is 4.98 Å². The summed E-state index contributed by atoms with van der Waals surface area (Å²) >= 11 is 0. The Hall–Kier alpha value is -2.55. The number of rotatable bonds is 3. The standard InChI is InChI=1S/C17H15N3/c1-2-7-16-15(6-1)13(11-18-16)8-9-17-19-12-14-5-3-4-10-20(14)17/h1-7,10-12,18H,8-9H2. The molecule has 0 unspecified atom stereocenters. The Labute approximate surface area is 116 Å². The zero-order chi connectivity index (χ0) is 13.4. The molecule has 3 heteroatoms. The highest BCUT2D eigenvalue weighted by molar-refractivity contribution is 5.83. The van der Waals surface area contributed by atoms with Gasteiger partial charge in [0.25, 0.3) is 0 Å². The van der Waals surface area contributed by atoms with Gasteiger partial charge >= 0.3 is 0 Å². The molecular weight excluding hydrogens is 246 g/mol. The lowest BCUT2D eigenvalue weighted by Gasteiger charge is -2.01. The van der Waals surface area contributed by atoms with E-state index in [4.69, 9.17) is 0 Å². The smallest absolute Gasteiger partial charge is 0.113 e. The third-order valence-corrected chi connectivity index (χ3v) is 3.81. The summed E-state index contributed by atoms with van der Waals surface area (Å²) in [5, 5.41) is 1.31. The highest BCUT2D eigenvalue weighted by Crippen LogP contribution is 2.19. The maximum Gasteiger partial charge on any atom is 0.113 e. The van der Waals surface area contributed by atoms with E-state index >= 15 is 0 Å². The van der Waals surface area contributed by atoms with Crippen molar-refractivity contribution in [2.75, 3.05) is 0 Å². The Morgan fingerprint density at radius 1 is 1.00 bits per heavy atom. The zero-order valence-corrected chi connectivity index (χ0v) is 11.1. The molecule has 4 aromatic rings. The first-order chi connectivity index (χ1) is 9.92. The van der Waals surface area contributed by atoms with Crippen LogP contribution in [0, 0.1) is 0 Å². The monoisotopic (exact) mass is 261 g/mol. The summed E-state index contributed by atoms with van der Waals surface area (Å²) in [6.45, 7) is 0. The molecule has 0 aliphatic carbocycles. The minimum absolute atomic E-state index is 0.944. The molecule has 0 radical (unpaired) electrons. The van der Waals surface area contributed by atoms with Crippen molar-refractivity contribution in [1.82, 2.24) is 14.4 Å². The van der Waals surface area contributed by atoms with E-state index in [9.17, 15) is 0 Å². The second-order valence-corrected chi connectivity index (χ2v) is 5.03. The normalized spacial score (nSPS) is 11.4. The zero-order valence-electron chi connectivity index (χ0n) is 11.1. The molecule has 98 valence electrons. The summed E-state index contributed by atoms with van der Waals surface area (Å²) in [5.74, 6) is 1.12. The number of aromatic nitrogens is 3. The van der Waals surface area contributed by atoms with Crippen molar-refractivity contribution in [3.63, 3.8) is 0 Å². The van der Waals surface area contributed by atoms with Crippen LogP contribution in [0.25, 0.3) is 16.4 Å². The molecule has 0 spiro atoms. The van der Waals surface area contributed by atoms with Gasteiger partial charge in [0.05, 0.1) is 11.7 Å². The first-order valence-corrected chi connectivity index (χ1v) is 6.88. The van der Waals surface area contributed by atoms with Crippen LogP contribution >= 0.6 is 0 Å². The van der Waals surface area contributed by atoms with E-state index in [0.717, 1.165) is 24.2 Å². The third-order valence-electron chi connectivity index (χ3n) is 3.81. The van der Waals surface area contributed by atoms with Crippen LogP contribution < -0.4 is 0 Å². The summed E-state index contributed by atoms with van der Waals surface area (Å²) in [7, 11) is 0. The van der Waals surface area contributed by atoms with Crippen LogP contribution in [0.3, 0.4) is 0 Å². The second kappa shape index (κ2) is 4.53. The highest BCUT2D eigenvalue weighted by Gasteiger charge is 2.06. The van der Waals surface area contributed by atoms with Crippen molar-refractivity contribution in [1.29, 1.82) is 0 Å². The lowest BCUT2D eigenvalue weighted by Crippen LogP contribution is -1.97. The predicted octanol–water partition coefficient (Wildman–Crippen LogP) is 3.60. The Morgan fingerprint density at radius 2 is 1.90 bits per heavy atom. The molecule has 4 rings (SSSR count). The Kier molecular flexibility index (Phi) is 2.56. The van der Waals surface area contributed by atoms with Crippen LogP contribution in [0.2, 0.25) is 0 Å². The fraction of sp³-hybridized carbons (Fsp3) is 0.118. The summed E-state index contributed by atoms with van der Waals surface area (Å²) in [4.78, 5) is 7.86. The van der Waals surface area contributed by atoms with Gasteiger partial charge in [0.2, 0.25) is 0 Å². The van der Waals surface area contributed by atoms with E-state index in [1.807, 2.05) is 18.3 Å². The summed E-state index contributed by atoms with van der Waals surface area (Å²) < 4.78 is 2.16. The van der Waals surface area contributed by atoms with E-state index in [2.05, 4.69) is 57.1 Å². The number of nitrogens with one attached hydrogen (secondary N) is 1. The lowest BCUT2D eigenvalue weighted by molar-refractivity contribution is 0.857. The van der Waals surface area contributed by atoms with Crippen LogP contribution in [0.1, 0.15) is 11.4 Å². The van der Waals surface area contributed by atoms with E-state index in [0.29, 0.717) is 0 Å². The molecule has 0 aliphatic heterocycles. The van der Waals surface area contributed by atoms with Crippen LogP contribution in [0.4, 0.5) is 0 Å². The number of H-pyrrole nitrogens is 1. The van der Waals surface area contributed by atoms with E-state index in [1.165, 1.54) is 16.5 Å². The molecule has 0 atom stereocenters. The fourth-order valence-electron chi connectivity index (χ4n) is 2.77. The van der Waals surface area contributed by atoms with Crippen LogP contribution in [0.5, 0.6) is 0 Å². The van der Waals surface area contributed by atoms with Crippen molar-refractivity contribution in [2.24, 2.45) is 0 Å². The quantitative estimate of drug-likeness (QED) is 0.600. The third kappa shape index (κ3) is 1.79.